The maximum atomic E-state index is 12.0. The van der Waals surface area contributed by atoms with E-state index in [1.807, 2.05) is 31.2 Å². The van der Waals surface area contributed by atoms with E-state index in [1.165, 1.54) is 5.56 Å². The van der Waals surface area contributed by atoms with Gasteiger partial charge in [-0.25, -0.2) is 4.79 Å². The molecule has 2 amide bonds. The Morgan fingerprint density at radius 3 is 2.48 bits per heavy atom. The van der Waals surface area contributed by atoms with E-state index in [4.69, 9.17) is 5.11 Å². The lowest BCUT2D eigenvalue weighted by atomic mass is 10.1. The highest BCUT2D eigenvalue weighted by molar-refractivity contribution is 5.89. The van der Waals surface area contributed by atoms with E-state index in [1.54, 1.807) is 4.90 Å². The van der Waals surface area contributed by atoms with Crippen LogP contribution >= 0.6 is 0 Å². The number of urea groups is 1. The Morgan fingerprint density at radius 2 is 1.95 bits per heavy atom. The molecule has 118 valence electrons. The minimum atomic E-state index is -0.184. The van der Waals surface area contributed by atoms with Crippen LogP contribution in [0.3, 0.4) is 0 Å². The summed E-state index contributed by atoms with van der Waals surface area (Å²) in [5.74, 6) is 0. The smallest absolute Gasteiger partial charge is 0.321 e. The Hall–Kier alpha value is -1.59. The van der Waals surface area contributed by atoms with Crippen LogP contribution in [0.15, 0.2) is 24.3 Å². The molecule has 0 bridgehead atoms. The normalized spacial score (nSPS) is 12.0. The minimum absolute atomic E-state index is 0.0270. The van der Waals surface area contributed by atoms with Crippen molar-refractivity contribution < 1.29 is 9.90 Å². The number of rotatable bonds is 8. The third-order valence-electron chi connectivity index (χ3n) is 3.40. The Balaban J connectivity index is 2.59. The zero-order valence-corrected chi connectivity index (χ0v) is 13.2. The molecule has 3 N–H and O–H groups in total. The molecule has 0 radical (unpaired) electrons. The van der Waals surface area contributed by atoms with Gasteiger partial charge in [0.1, 0.15) is 0 Å². The minimum Gasteiger partial charge on any atom is -0.395 e. The molecule has 5 heteroatoms. The third kappa shape index (κ3) is 5.73. The highest BCUT2D eigenvalue weighted by atomic mass is 16.3. The van der Waals surface area contributed by atoms with Crippen molar-refractivity contribution in [2.24, 2.45) is 0 Å². The fourth-order valence-corrected chi connectivity index (χ4v) is 2.06. The largest absolute Gasteiger partial charge is 0.395 e. The van der Waals surface area contributed by atoms with Gasteiger partial charge in [-0.05, 0) is 44.5 Å². The fraction of sp³-hybridized carbons (Fsp3) is 0.562. The second-order valence-corrected chi connectivity index (χ2v) is 5.03. The first kappa shape index (κ1) is 17.5. The monoisotopic (exact) mass is 293 g/mol. The first-order valence-corrected chi connectivity index (χ1v) is 7.62. The SMILES string of the molecule is CCCNC(C)c1ccc(NC(=O)N(CC)CCO)cc1. The number of nitrogens with zero attached hydrogens (tertiary/aromatic N) is 1. The van der Waals surface area contributed by atoms with Crippen LogP contribution in [0.4, 0.5) is 10.5 Å². The standard InChI is InChI=1S/C16H27N3O2/c1-4-10-17-13(3)14-6-8-15(9-7-14)18-16(21)19(5-2)11-12-20/h6-9,13,17,20H,4-5,10-12H2,1-3H3,(H,18,21). The maximum absolute atomic E-state index is 12.0. The second-order valence-electron chi connectivity index (χ2n) is 5.03. The van der Waals surface area contributed by atoms with Crippen molar-refractivity contribution in [1.82, 2.24) is 10.2 Å². The number of benzene rings is 1. The van der Waals surface area contributed by atoms with Gasteiger partial charge >= 0.3 is 6.03 Å². The number of carbonyl (C=O) groups excluding carboxylic acids is 1. The molecule has 0 fully saturated rings. The predicted octanol–water partition coefficient (Wildman–Crippen LogP) is 2.59. The molecule has 21 heavy (non-hydrogen) atoms. The highest BCUT2D eigenvalue weighted by Crippen LogP contribution is 2.16. The molecule has 1 unspecified atom stereocenters. The van der Waals surface area contributed by atoms with Crippen LogP contribution in [-0.2, 0) is 0 Å². The molecule has 1 rings (SSSR count). The number of amides is 2. The molecule has 1 atom stereocenters. The van der Waals surface area contributed by atoms with E-state index in [-0.39, 0.29) is 12.6 Å². The average Bonchev–Trinajstić information content (AvgIpc) is 2.50. The molecule has 0 aliphatic heterocycles. The molecule has 0 saturated heterocycles. The van der Waals surface area contributed by atoms with Crippen molar-refractivity contribution in [3.05, 3.63) is 29.8 Å². The Morgan fingerprint density at radius 1 is 1.29 bits per heavy atom. The van der Waals surface area contributed by atoms with Gasteiger partial charge in [0.25, 0.3) is 0 Å². The van der Waals surface area contributed by atoms with Crippen LogP contribution in [-0.4, -0.2) is 42.3 Å². The van der Waals surface area contributed by atoms with E-state index >= 15 is 0 Å². The van der Waals surface area contributed by atoms with Crippen molar-refractivity contribution in [3.8, 4) is 0 Å². The van der Waals surface area contributed by atoms with Crippen molar-refractivity contribution in [2.75, 3.05) is 31.6 Å². The van der Waals surface area contributed by atoms with Crippen LogP contribution < -0.4 is 10.6 Å². The lowest BCUT2D eigenvalue weighted by Gasteiger charge is -2.20. The Bertz CT molecular complexity index is 420. The van der Waals surface area contributed by atoms with Gasteiger partial charge in [-0.3, -0.25) is 0 Å². The van der Waals surface area contributed by atoms with Gasteiger partial charge in [0.2, 0.25) is 0 Å². The van der Waals surface area contributed by atoms with Crippen LogP contribution in [0, 0.1) is 0 Å². The van der Waals surface area contributed by atoms with Crippen molar-refractivity contribution in [3.63, 3.8) is 0 Å². The molecule has 0 spiro atoms. The predicted molar refractivity (Wildman–Crippen MR) is 86.5 cm³/mol. The van der Waals surface area contributed by atoms with Crippen LogP contribution in [0.5, 0.6) is 0 Å². The van der Waals surface area contributed by atoms with E-state index in [0.717, 1.165) is 18.7 Å². The molecule has 0 aliphatic rings. The number of nitrogens with one attached hydrogen (secondary N) is 2. The van der Waals surface area contributed by atoms with Gasteiger partial charge in [-0.15, -0.1) is 0 Å². The second kappa shape index (κ2) is 9.37. The Labute approximate surface area is 127 Å². The summed E-state index contributed by atoms with van der Waals surface area (Å²) in [7, 11) is 0. The first-order chi connectivity index (χ1) is 10.1. The summed E-state index contributed by atoms with van der Waals surface area (Å²) in [6.07, 6.45) is 1.11. The summed E-state index contributed by atoms with van der Waals surface area (Å²) < 4.78 is 0. The van der Waals surface area contributed by atoms with E-state index in [2.05, 4.69) is 24.5 Å². The van der Waals surface area contributed by atoms with E-state index in [0.29, 0.717) is 19.1 Å². The first-order valence-electron chi connectivity index (χ1n) is 7.62. The van der Waals surface area contributed by atoms with Crippen LogP contribution in [0.25, 0.3) is 0 Å². The number of hydrogen-bond donors (Lipinski definition) is 3. The summed E-state index contributed by atoms with van der Waals surface area (Å²) in [5, 5.41) is 15.2. The lowest BCUT2D eigenvalue weighted by molar-refractivity contribution is 0.192. The fourth-order valence-electron chi connectivity index (χ4n) is 2.06. The van der Waals surface area contributed by atoms with Gasteiger partial charge in [-0.1, -0.05) is 19.1 Å². The number of aliphatic hydroxyl groups is 1. The number of carbonyl (C=O) groups is 1. The van der Waals surface area contributed by atoms with Crippen molar-refractivity contribution in [2.45, 2.75) is 33.2 Å². The molecular formula is C16H27N3O2. The summed E-state index contributed by atoms with van der Waals surface area (Å²) in [5.41, 5.74) is 1.96. The summed E-state index contributed by atoms with van der Waals surface area (Å²) >= 11 is 0. The van der Waals surface area contributed by atoms with Crippen molar-refractivity contribution >= 4 is 11.7 Å². The highest BCUT2D eigenvalue weighted by Gasteiger charge is 2.11. The van der Waals surface area contributed by atoms with Gasteiger partial charge in [0.15, 0.2) is 0 Å². The topological polar surface area (TPSA) is 64.6 Å². The van der Waals surface area contributed by atoms with Gasteiger partial charge in [0.05, 0.1) is 6.61 Å². The number of anilines is 1. The van der Waals surface area contributed by atoms with Crippen molar-refractivity contribution in [1.29, 1.82) is 0 Å². The van der Waals surface area contributed by atoms with E-state index in [9.17, 15) is 4.79 Å². The van der Waals surface area contributed by atoms with E-state index < -0.39 is 0 Å². The maximum Gasteiger partial charge on any atom is 0.321 e. The van der Waals surface area contributed by atoms with Crippen LogP contribution in [0.2, 0.25) is 0 Å². The summed E-state index contributed by atoms with van der Waals surface area (Å²) in [4.78, 5) is 13.6. The average molecular weight is 293 g/mol. The van der Waals surface area contributed by atoms with Gasteiger partial charge < -0.3 is 20.6 Å². The molecule has 0 heterocycles. The molecule has 0 aliphatic carbocycles. The third-order valence-corrected chi connectivity index (χ3v) is 3.40. The summed E-state index contributed by atoms with van der Waals surface area (Å²) in [6.45, 7) is 8.04. The van der Waals surface area contributed by atoms with Gasteiger partial charge in [-0.2, -0.15) is 0 Å². The molecular weight excluding hydrogens is 266 g/mol. The zero-order valence-electron chi connectivity index (χ0n) is 13.2. The lowest BCUT2D eigenvalue weighted by Crippen LogP contribution is -2.36. The molecule has 1 aromatic carbocycles. The van der Waals surface area contributed by atoms with Gasteiger partial charge in [0, 0.05) is 24.8 Å². The number of aliphatic hydroxyl groups excluding tert-OH is 1. The summed E-state index contributed by atoms with van der Waals surface area (Å²) in [6, 6.07) is 7.97. The molecule has 0 saturated carbocycles. The zero-order chi connectivity index (χ0) is 15.7. The Kier molecular flexibility index (Phi) is 7.79. The molecule has 5 nitrogen and oxygen atoms in total. The number of likely N-dealkylation sites (N-methyl/N-ethyl adjacent to an activating group) is 1. The molecule has 1 aromatic rings. The van der Waals surface area contributed by atoms with Crippen LogP contribution in [0.1, 0.15) is 38.8 Å². The quantitative estimate of drug-likeness (QED) is 0.690. The number of hydrogen-bond acceptors (Lipinski definition) is 3. The molecule has 0 aromatic heterocycles.